The lowest BCUT2D eigenvalue weighted by Crippen LogP contribution is -2.22. The first-order valence-electron chi connectivity index (χ1n) is 5.38. The van der Waals surface area contributed by atoms with Crippen molar-refractivity contribution in [3.8, 4) is 0 Å². The molecule has 0 fully saturated rings. The molecule has 1 N–H and O–H groups in total. The average molecular weight is 225 g/mol. The summed E-state index contributed by atoms with van der Waals surface area (Å²) in [5, 5.41) is 9.63. The fourth-order valence-corrected chi connectivity index (χ4v) is 1.90. The van der Waals surface area contributed by atoms with Crippen LogP contribution >= 0.6 is 11.5 Å². The maximum Gasteiger partial charge on any atom is 0.0924 e. The Balaban J connectivity index is 2.49. The summed E-state index contributed by atoms with van der Waals surface area (Å²) >= 11 is 1.41. The van der Waals surface area contributed by atoms with E-state index in [1.54, 1.807) is 0 Å². The molecule has 0 aromatic carbocycles. The second kappa shape index (κ2) is 6.69. The summed E-state index contributed by atoms with van der Waals surface area (Å²) in [7, 11) is 0. The Morgan fingerprint density at radius 2 is 2.47 bits per heavy atom. The topological polar surface area (TPSA) is 37.8 Å². The minimum absolute atomic E-state index is 0.334. The predicted octanol–water partition coefficient (Wildman–Crippen LogP) is 2.94. The number of rotatable bonds is 7. The van der Waals surface area contributed by atoms with Gasteiger partial charge in [-0.3, -0.25) is 0 Å². The summed E-state index contributed by atoms with van der Waals surface area (Å²) in [6.45, 7) is 9.19. The van der Waals surface area contributed by atoms with E-state index in [9.17, 15) is 0 Å². The first-order valence-corrected chi connectivity index (χ1v) is 6.22. The molecule has 0 saturated heterocycles. The van der Waals surface area contributed by atoms with E-state index in [0.717, 1.165) is 31.5 Å². The third kappa shape index (κ3) is 4.53. The largest absolute Gasteiger partial charge is 0.309 e. The maximum absolute atomic E-state index is 4.12. The van der Waals surface area contributed by atoms with E-state index >= 15 is 0 Å². The van der Waals surface area contributed by atoms with Crippen LogP contribution in [0.2, 0.25) is 0 Å². The van der Waals surface area contributed by atoms with E-state index in [2.05, 4.69) is 35.3 Å². The van der Waals surface area contributed by atoms with Gasteiger partial charge in [-0.05, 0) is 44.3 Å². The summed E-state index contributed by atoms with van der Waals surface area (Å²) in [6, 6.07) is 0.334. The molecule has 1 rings (SSSR count). The van der Waals surface area contributed by atoms with Crippen molar-refractivity contribution in [1.82, 2.24) is 14.9 Å². The van der Waals surface area contributed by atoms with Crippen molar-refractivity contribution in [2.75, 3.05) is 6.54 Å². The Morgan fingerprint density at radius 1 is 1.67 bits per heavy atom. The van der Waals surface area contributed by atoms with Crippen molar-refractivity contribution in [2.24, 2.45) is 0 Å². The van der Waals surface area contributed by atoms with Gasteiger partial charge in [-0.1, -0.05) is 17.0 Å². The molecule has 1 atom stereocenters. The second-order valence-corrected chi connectivity index (χ2v) is 4.44. The predicted molar refractivity (Wildman–Crippen MR) is 65.0 cm³/mol. The highest BCUT2D eigenvalue weighted by Gasteiger charge is 2.12. The van der Waals surface area contributed by atoms with Crippen LogP contribution in [0.4, 0.5) is 0 Å². The molecular formula is C11H19N3S. The maximum atomic E-state index is 4.12. The molecule has 1 unspecified atom stereocenters. The molecule has 1 aromatic heterocycles. The lowest BCUT2D eigenvalue weighted by Gasteiger charge is -2.15. The highest BCUT2D eigenvalue weighted by atomic mass is 32.1. The molecule has 4 heteroatoms. The van der Waals surface area contributed by atoms with Gasteiger partial charge in [0.05, 0.1) is 11.7 Å². The van der Waals surface area contributed by atoms with Crippen molar-refractivity contribution >= 4 is 11.5 Å². The molecule has 0 aliphatic carbocycles. The molecule has 0 amide bonds. The number of allylic oxidation sites excluding steroid dienone is 1. The quantitative estimate of drug-likeness (QED) is 0.725. The van der Waals surface area contributed by atoms with Gasteiger partial charge in [0.25, 0.3) is 0 Å². The van der Waals surface area contributed by atoms with Crippen molar-refractivity contribution in [3.05, 3.63) is 23.2 Å². The van der Waals surface area contributed by atoms with Crippen LogP contribution in [0.3, 0.4) is 0 Å². The molecular weight excluding hydrogens is 206 g/mol. The Morgan fingerprint density at radius 3 is 3.00 bits per heavy atom. The van der Waals surface area contributed by atoms with E-state index in [0.29, 0.717) is 6.04 Å². The Labute approximate surface area is 95.8 Å². The zero-order chi connectivity index (χ0) is 11.1. The number of aromatic nitrogens is 2. The smallest absolute Gasteiger partial charge is 0.0924 e. The van der Waals surface area contributed by atoms with E-state index in [4.69, 9.17) is 0 Å². The molecule has 3 nitrogen and oxygen atoms in total. The lowest BCUT2D eigenvalue weighted by atomic mass is 10.1. The normalized spacial score (nSPS) is 12.7. The van der Waals surface area contributed by atoms with Gasteiger partial charge in [-0.15, -0.1) is 11.7 Å². The fraction of sp³-hybridized carbons (Fsp3) is 0.636. The standard InChI is InChI=1S/C11H19N3S/c1-4-7-12-10(6-5-9(2)3)11-8-15-14-13-11/h8,10,12H,2,4-7H2,1,3H3. The van der Waals surface area contributed by atoms with Gasteiger partial charge in [-0.25, -0.2) is 0 Å². The summed E-state index contributed by atoms with van der Waals surface area (Å²) in [5.41, 5.74) is 2.29. The molecule has 0 aliphatic rings. The summed E-state index contributed by atoms with van der Waals surface area (Å²) in [4.78, 5) is 0. The molecule has 0 saturated carbocycles. The van der Waals surface area contributed by atoms with Crippen LogP contribution < -0.4 is 5.32 Å². The first-order chi connectivity index (χ1) is 7.24. The number of nitrogens with zero attached hydrogens (tertiary/aromatic N) is 2. The summed E-state index contributed by atoms with van der Waals surface area (Å²) in [5.74, 6) is 0. The Hall–Kier alpha value is -0.740. The van der Waals surface area contributed by atoms with Gasteiger partial charge in [0.2, 0.25) is 0 Å². The van der Waals surface area contributed by atoms with E-state index in [1.165, 1.54) is 17.1 Å². The summed E-state index contributed by atoms with van der Waals surface area (Å²) in [6.07, 6.45) is 3.24. The third-order valence-electron chi connectivity index (χ3n) is 2.23. The average Bonchev–Trinajstić information content (AvgIpc) is 2.71. The first kappa shape index (κ1) is 12.3. The minimum atomic E-state index is 0.334. The minimum Gasteiger partial charge on any atom is -0.309 e. The highest BCUT2D eigenvalue weighted by molar-refractivity contribution is 7.03. The van der Waals surface area contributed by atoms with Gasteiger partial charge in [0, 0.05) is 5.38 Å². The molecule has 1 aromatic rings. The van der Waals surface area contributed by atoms with Gasteiger partial charge in [0.15, 0.2) is 0 Å². The van der Waals surface area contributed by atoms with Crippen LogP contribution in [0.15, 0.2) is 17.5 Å². The van der Waals surface area contributed by atoms with E-state index in [-0.39, 0.29) is 0 Å². The van der Waals surface area contributed by atoms with Gasteiger partial charge < -0.3 is 5.32 Å². The number of nitrogens with one attached hydrogen (secondary N) is 1. The van der Waals surface area contributed by atoms with Gasteiger partial charge in [0.1, 0.15) is 0 Å². The van der Waals surface area contributed by atoms with Crippen LogP contribution in [-0.2, 0) is 0 Å². The third-order valence-corrected chi connectivity index (χ3v) is 2.76. The highest BCUT2D eigenvalue weighted by Crippen LogP contribution is 2.19. The Bertz CT molecular complexity index is 282. The van der Waals surface area contributed by atoms with Crippen molar-refractivity contribution in [2.45, 2.75) is 39.2 Å². The van der Waals surface area contributed by atoms with Crippen molar-refractivity contribution in [3.63, 3.8) is 0 Å². The zero-order valence-electron chi connectivity index (χ0n) is 9.49. The molecule has 15 heavy (non-hydrogen) atoms. The molecule has 0 bridgehead atoms. The van der Waals surface area contributed by atoms with Crippen LogP contribution in [-0.4, -0.2) is 16.1 Å². The Kier molecular flexibility index (Phi) is 5.50. The van der Waals surface area contributed by atoms with Crippen LogP contribution in [0.25, 0.3) is 0 Å². The molecule has 0 radical (unpaired) electrons. The molecule has 1 heterocycles. The zero-order valence-corrected chi connectivity index (χ0v) is 10.3. The second-order valence-electron chi connectivity index (χ2n) is 3.83. The molecule has 0 spiro atoms. The number of hydrogen-bond acceptors (Lipinski definition) is 4. The van der Waals surface area contributed by atoms with E-state index < -0.39 is 0 Å². The summed E-state index contributed by atoms with van der Waals surface area (Å²) < 4.78 is 3.91. The lowest BCUT2D eigenvalue weighted by molar-refractivity contribution is 0.487. The molecule has 0 aliphatic heterocycles. The van der Waals surface area contributed by atoms with E-state index in [1.807, 2.05) is 5.38 Å². The number of hydrogen-bond donors (Lipinski definition) is 1. The SMILES string of the molecule is C=C(C)CCC(NCCC)c1csnn1. The van der Waals surface area contributed by atoms with Crippen molar-refractivity contribution in [1.29, 1.82) is 0 Å². The van der Waals surface area contributed by atoms with Crippen LogP contribution in [0.5, 0.6) is 0 Å². The fourth-order valence-electron chi connectivity index (χ4n) is 1.39. The van der Waals surface area contributed by atoms with Gasteiger partial charge >= 0.3 is 0 Å². The molecule has 84 valence electrons. The van der Waals surface area contributed by atoms with Gasteiger partial charge in [-0.2, -0.15) is 0 Å². The van der Waals surface area contributed by atoms with Crippen molar-refractivity contribution < 1.29 is 0 Å². The monoisotopic (exact) mass is 225 g/mol. The van der Waals surface area contributed by atoms with Crippen LogP contribution in [0, 0.1) is 0 Å². The van der Waals surface area contributed by atoms with Crippen LogP contribution in [0.1, 0.15) is 44.8 Å².